The van der Waals surface area contributed by atoms with E-state index in [2.05, 4.69) is 53.3 Å². The molecular weight excluding hydrogens is 326 g/mol. The van der Waals surface area contributed by atoms with E-state index in [9.17, 15) is 4.79 Å². The number of amides is 1. The average molecular weight is 351 g/mol. The molecule has 1 aromatic carbocycles. The van der Waals surface area contributed by atoms with Crippen LogP contribution in [0.5, 0.6) is 0 Å². The number of aryl methyl sites for hydroxylation is 1. The van der Waals surface area contributed by atoms with E-state index in [1.165, 1.54) is 5.56 Å². The second-order valence-corrected chi connectivity index (χ2v) is 6.91. The highest BCUT2D eigenvalue weighted by Crippen LogP contribution is 2.11. The van der Waals surface area contributed by atoms with Crippen molar-refractivity contribution in [1.29, 1.82) is 0 Å². The van der Waals surface area contributed by atoms with Gasteiger partial charge in [-0.15, -0.1) is 0 Å². The molecule has 136 valence electrons. The predicted octanol–water partition coefficient (Wildman–Crippen LogP) is 2.81. The first-order chi connectivity index (χ1) is 12.4. The van der Waals surface area contributed by atoms with Crippen LogP contribution in [-0.4, -0.2) is 38.5 Å². The fourth-order valence-electron chi connectivity index (χ4n) is 2.71. The van der Waals surface area contributed by atoms with Gasteiger partial charge < -0.3 is 5.32 Å². The van der Waals surface area contributed by atoms with E-state index in [-0.39, 0.29) is 5.91 Å². The largest absolute Gasteiger partial charge is 0.348 e. The standard InChI is InChI=1S/C20H25N5O/c1-14(2)24(4)13-17-7-5-6-16(10-17)11-21-20(26)18-12-22-25-9-8-15(3)23-19(18)25/h5-10,12,14H,11,13H2,1-4H3,(H,21,26). The number of aromatic nitrogens is 3. The zero-order valence-corrected chi connectivity index (χ0v) is 15.7. The summed E-state index contributed by atoms with van der Waals surface area (Å²) in [7, 11) is 2.11. The lowest BCUT2D eigenvalue weighted by Crippen LogP contribution is -2.26. The number of carbonyl (C=O) groups is 1. The first kappa shape index (κ1) is 18.1. The fraction of sp³-hybridized carbons (Fsp3) is 0.350. The van der Waals surface area contributed by atoms with Crippen LogP contribution in [0.25, 0.3) is 5.65 Å². The van der Waals surface area contributed by atoms with Crippen molar-refractivity contribution in [3.63, 3.8) is 0 Å². The van der Waals surface area contributed by atoms with Gasteiger partial charge in [-0.2, -0.15) is 5.10 Å². The molecule has 3 rings (SSSR count). The molecule has 0 spiro atoms. The second kappa shape index (κ2) is 7.66. The lowest BCUT2D eigenvalue weighted by atomic mass is 10.1. The van der Waals surface area contributed by atoms with Gasteiger partial charge in [-0.05, 0) is 45.0 Å². The summed E-state index contributed by atoms with van der Waals surface area (Å²) in [5.41, 5.74) is 4.24. The first-order valence-electron chi connectivity index (χ1n) is 8.81. The van der Waals surface area contributed by atoms with Gasteiger partial charge in [0.1, 0.15) is 5.56 Å². The highest BCUT2D eigenvalue weighted by atomic mass is 16.1. The maximum atomic E-state index is 12.5. The van der Waals surface area contributed by atoms with Crippen molar-refractivity contribution in [2.24, 2.45) is 0 Å². The van der Waals surface area contributed by atoms with E-state index in [0.717, 1.165) is 17.8 Å². The molecule has 0 radical (unpaired) electrons. The van der Waals surface area contributed by atoms with E-state index in [0.29, 0.717) is 23.8 Å². The van der Waals surface area contributed by atoms with Crippen LogP contribution in [0, 0.1) is 6.92 Å². The van der Waals surface area contributed by atoms with Gasteiger partial charge in [0.25, 0.3) is 5.91 Å². The molecule has 6 heteroatoms. The predicted molar refractivity (Wildman–Crippen MR) is 102 cm³/mol. The van der Waals surface area contributed by atoms with Gasteiger partial charge in [-0.3, -0.25) is 9.69 Å². The summed E-state index contributed by atoms with van der Waals surface area (Å²) in [5.74, 6) is -0.164. The molecule has 0 aliphatic carbocycles. The third-order valence-electron chi connectivity index (χ3n) is 4.51. The van der Waals surface area contributed by atoms with E-state index < -0.39 is 0 Å². The number of carbonyl (C=O) groups excluding carboxylic acids is 1. The summed E-state index contributed by atoms with van der Waals surface area (Å²) in [6.07, 6.45) is 3.37. The summed E-state index contributed by atoms with van der Waals surface area (Å²) in [5, 5.41) is 7.16. The van der Waals surface area contributed by atoms with E-state index >= 15 is 0 Å². The van der Waals surface area contributed by atoms with Crippen LogP contribution in [0.3, 0.4) is 0 Å². The zero-order chi connectivity index (χ0) is 18.7. The fourth-order valence-corrected chi connectivity index (χ4v) is 2.71. The lowest BCUT2D eigenvalue weighted by molar-refractivity contribution is 0.0952. The Morgan fingerprint density at radius 3 is 2.81 bits per heavy atom. The highest BCUT2D eigenvalue weighted by Gasteiger charge is 2.14. The average Bonchev–Trinajstić information content (AvgIpc) is 3.03. The van der Waals surface area contributed by atoms with Crippen molar-refractivity contribution in [2.45, 2.75) is 39.9 Å². The third kappa shape index (κ3) is 4.08. The van der Waals surface area contributed by atoms with Crippen LogP contribution in [0.1, 0.15) is 41.0 Å². The molecule has 0 unspecified atom stereocenters. The summed E-state index contributed by atoms with van der Waals surface area (Å²) in [4.78, 5) is 19.2. The molecule has 6 nitrogen and oxygen atoms in total. The van der Waals surface area contributed by atoms with Crippen LogP contribution >= 0.6 is 0 Å². The first-order valence-corrected chi connectivity index (χ1v) is 8.81. The molecule has 2 aromatic heterocycles. The molecule has 0 fully saturated rings. The maximum Gasteiger partial charge on any atom is 0.257 e. The van der Waals surface area contributed by atoms with Crippen molar-refractivity contribution < 1.29 is 4.79 Å². The van der Waals surface area contributed by atoms with Crippen molar-refractivity contribution in [2.75, 3.05) is 7.05 Å². The summed E-state index contributed by atoms with van der Waals surface area (Å²) >= 11 is 0. The molecule has 1 N–H and O–H groups in total. The van der Waals surface area contributed by atoms with E-state index in [4.69, 9.17) is 0 Å². The van der Waals surface area contributed by atoms with Gasteiger partial charge in [0.2, 0.25) is 0 Å². The summed E-state index contributed by atoms with van der Waals surface area (Å²) < 4.78 is 1.62. The molecule has 0 atom stereocenters. The summed E-state index contributed by atoms with van der Waals surface area (Å²) in [6.45, 7) is 7.61. The summed E-state index contributed by atoms with van der Waals surface area (Å²) in [6, 6.07) is 10.7. The molecule has 0 bridgehead atoms. The Morgan fingerprint density at radius 1 is 1.27 bits per heavy atom. The molecule has 26 heavy (non-hydrogen) atoms. The topological polar surface area (TPSA) is 62.5 Å². The minimum absolute atomic E-state index is 0.164. The quantitative estimate of drug-likeness (QED) is 0.742. The molecule has 0 aliphatic heterocycles. The Hall–Kier alpha value is -2.73. The number of benzene rings is 1. The maximum absolute atomic E-state index is 12.5. The Balaban J connectivity index is 1.68. The molecule has 2 heterocycles. The Morgan fingerprint density at radius 2 is 2.04 bits per heavy atom. The van der Waals surface area contributed by atoms with Crippen molar-refractivity contribution in [3.8, 4) is 0 Å². The van der Waals surface area contributed by atoms with Gasteiger partial charge in [-0.25, -0.2) is 9.50 Å². The van der Waals surface area contributed by atoms with Gasteiger partial charge in [0.15, 0.2) is 5.65 Å². The van der Waals surface area contributed by atoms with E-state index in [1.54, 1.807) is 10.7 Å². The molecule has 0 saturated carbocycles. The Kier molecular flexibility index (Phi) is 5.32. The minimum Gasteiger partial charge on any atom is -0.348 e. The van der Waals surface area contributed by atoms with Gasteiger partial charge in [0, 0.05) is 31.0 Å². The monoisotopic (exact) mass is 351 g/mol. The number of hydrogen-bond donors (Lipinski definition) is 1. The smallest absolute Gasteiger partial charge is 0.257 e. The van der Waals surface area contributed by atoms with Crippen LogP contribution in [0.4, 0.5) is 0 Å². The van der Waals surface area contributed by atoms with Crippen LogP contribution < -0.4 is 5.32 Å². The molecule has 0 aliphatic rings. The van der Waals surface area contributed by atoms with Crippen molar-refractivity contribution in [1.82, 2.24) is 24.8 Å². The molecule has 3 aromatic rings. The Labute approximate surface area is 153 Å². The normalized spacial score (nSPS) is 11.5. The second-order valence-electron chi connectivity index (χ2n) is 6.91. The number of hydrogen-bond acceptors (Lipinski definition) is 4. The number of nitrogens with one attached hydrogen (secondary N) is 1. The zero-order valence-electron chi connectivity index (χ0n) is 15.7. The SMILES string of the molecule is Cc1ccn2ncc(C(=O)NCc3cccc(CN(C)C(C)C)c3)c2n1. The minimum atomic E-state index is -0.164. The molecule has 0 saturated heterocycles. The van der Waals surface area contributed by atoms with Crippen molar-refractivity contribution >= 4 is 11.6 Å². The highest BCUT2D eigenvalue weighted by molar-refractivity contribution is 5.99. The van der Waals surface area contributed by atoms with Gasteiger partial charge >= 0.3 is 0 Å². The van der Waals surface area contributed by atoms with Gasteiger partial charge in [-0.1, -0.05) is 24.3 Å². The van der Waals surface area contributed by atoms with Gasteiger partial charge in [0.05, 0.1) is 6.20 Å². The number of nitrogens with zero attached hydrogens (tertiary/aromatic N) is 4. The Bertz CT molecular complexity index is 915. The third-order valence-corrected chi connectivity index (χ3v) is 4.51. The van der Waals surface area contributed by atoms with E-state index in [1.807, 2.05) is 31.3 Å². The van der Waals surface area contributed by atoms with Crippen molar-refractivity contribution in [3.05, 3.63) is 65.1 Å². The molecule has 1 amide bonds. The van der Waals surface area contributed by atoms with Crippen LogP contribution in [0.15, 0.2) is 42.7 Å². The molecular formula is C20H25N5O. The van der Waals surface area contributed by atoms with Crippen LogP contribution in [-0.2, 0) is 13.1 Å². The number of rotatable bonds is 6. The van der Waals surface area contributed by atoms with Crippen LogP contribution in [0.2, 0.25) is 0 Å². The lowest BCUT2D eigenvalue weighted by Gasteiger charge is -2.21. The number of fused-ring (bicyclic) bond motifs is 1.